The average Bonchev–Trinajstić information content (AvgIpc) is 2.85. The molecule has 0 unspecified atom stereocenters. The number of allylic oxidation sites excluding steroid dienone is 6. The third kappa shape index (κ3) is 1.93. The summed E-state index contributed by atoms with van der Waals surface area (Å²) in [5, 5.41) is 0. The lowest BCUT2D eigenvalue weighted by molar-refractivity contribution is -0.124. The van der Waals surface area contributed by atoms with Crippen LogP contribution in [0, 0.1) is 22.7 Å². The monoisotopic (exact) mass is 310 g/mol. The molecule has 23 heavy (non-hydrogen) atoms. The second-order valence-electron chi connectivity index (χ2n) is 8.46. The van der Waals surface area contributed by atoms with Crippen molar-refractivity contribution in [3.63, 3.8) is 0 Å². The molecular formula is C21H26O2. The summed E-state index contributed by atoms with van der Waals surface area (Å²) in [6, 6.07) is 0. The number of ketones is 2. The Morgan fingerprint density at radius 1 is 1.13 bits per heavy atom. The quantitative estimate of drug-likeness (QED) is 0.711. The molecule has 0 heterocycles. The van der Waals surface area contributed by atoms with Gasteiger partial charge in [0.15, 0.2) is 5.78 Å². The van der Waals surface area contributed by atoms with Crippen LogP contribution in [0.15, 0.2) is 34.9 Å². The highest BCUT2D eigenvalue weighted by molar-refractivity contribution is 5.92. The lowest BCUT2D eigenvalue weighted by Crippen LogP contribution is -2.40. The van der Waals surface area contributed by atoms with Crippen LogP contribution in [0.1, 0.15) is 59.3 Å². The SMILES string of the molecule is CC(=O)[C@H]1CC[C@H]2C3=C(CC[C@]12C)[C@@]1(C)CCC(=O)C=C1C=C3. The Hall–Kier alpha value is -1.44. The van der Waals surface area contributed by atoms with Crippen LogP contribution in [0.3, 0.4) is 0 Å². The first kappa shape index (κ1) is 15.1. The summed E-state index contributed by atoms with van der Waals surface area (Å²) in [5.41, 5.74) is 4.45. The van der Waals surface area contributed by atoms with E-state index in [2.05, 4.69) is 26.0 Å². The molecular weight excluding hydrogens is 284 g/mol. The van der Waals surface area contributed by atoms with Gasteiger partial charge in [0.05, 0.1) is 0 Å². The van der Waals surface area contributed by atoms with E-state index in [4.69, 9.17) is 0 Å². The maximum Gasteiger partial charge on any atom is 0.156 e. The molecule has 4 rings (SSSR count). The minimum Gasteiger partial charge on any atom is -0.300 e. The molecule has 4 atom stereocenters. The lowest BCUT2D eigenvalue weighted by atomic mass is 9.55. The van der Waals surface area contributed by atoms with Gasteiger partial charge in [-0.25, -0.2) is 0 Å². The molecule has 2 nitrogen and oxygen atoms in total. The smallest absolute Gasteiger partial charge is 0.156 e. The summed E-state index contributed by atoms with van der Waals surface area (Å²) in [5.74, 6) is 1.39. The van der Waals surface area contributed by atoms with Crippen molar-refractivity contribution in [2.75, 3.05) is 0 Å². The zero-order chi connectivity index (χ0) is 16.4. The van der Waals surface area contributed by atoms with Crippen LogP contribution in [0.25, 0.3) is 0 Å². The third-order valence-electron chi connectivity index (χ3n) is 7.40. The highest BCUT2D eigenvalue weighted by Crippen LogP contribution is 2.62. The molecule has 4 aliphatic carbocycles. The van der Waals surface area contributed by atoms with Gasteiger partial charge in [-0.3, -0.25) is 9.59 Å². The van der Waals surface area contributed by atoms with E-state index in [-0.39, 0.29) is 22.5 Å². The Morgan fingerprint density at radius 3 is 2.65 bits per heavy atom. The number of hydrogen-bond donors (Lipinski definition) is 0. The lowest BCUT2D eigenvalue weighted by Gasteiger charge is -2.49. The van der Waals surface area contributed by atoms with Crippen molar-refractivity contribution >= 4 is 11.6 Å². The summed E-state index contributed by atoms with van der Waals surface area (Å²) in [4.78, 5) is 23.9. The van der Waals surface area contributed by atoms with Gasteiger partial charge >= 0.3 is 0 Å². The van der Waals surface area contributed by atoms with Gasteiger partial charge in [-0.1, -0.05) is 31.6 Å². The number of hydrogen-bond acceptors (Lipinski definition) is 2. The van der Waals surface area contributed by atoms with E-state index in [0.717, 1.165) is 32.1 Å². The summed E-state index contributed by atoms with van der Waals surface area (Å²) >= 11 is 0. The molecule has 0 saturated heterocycles. The van der Waals surface area contributed by atoms with Crippen molar-refractivity contribution < 1.29 is 9.59 Å². The van der Waals surface area contributed by atoms with Crippen molar-refractivity contribution in [3.8, 4) is 0 Å². The summed E-state index contributed by atoms with van der Waals surface area (Å²) in [6.45, 7) is 6.43. The van der Waals surface area contributed by atoms with Crippen LogP contribution in [-0.4, -0.2) is 11.6 Å². The molecule has 2 heteroatoms. The van der Waals surface area contributed by atoms with Crippen molar-refractivity contribution in [3.05, 3.63) is 34.9 Å². The second kappa shape index (κ2) is 4.78. The molecule has 0 N–H and O–H groups in total. The molecule has 1 saturated carbocycles. The van der Waals surface area contributed by atoms with Crippen LogP contribution >= 0.6 is 0 Å². The highest BCUT2D eigenvalue weighted by Gasteiger charge is 2.54. The first-order valence-electron chi connectivity index (χ1n) is 9.03. The van der Waals surface area contributed by atoms with Gasteiger partial charge in [0, 0.05) is 17.8 Å². The van der Waals surface area contributed by atoms with Crippen LogP contribution in [0.2, 0.25) is 0 Å². The number of fused-ring (bicyclic) bond motifs is 4. The van der Waals surface area contributed by atoms with E-state index in [1.165, 1.54) is 11.1 Å². The van der Waals surface area contributed by atoms with Gasteiger partial charge in [0.2, 0.25) is 0 Å². The molecule has 0 spiro atoms. The molecule has 0 amide bonds. The van der Waals surface area contributed by atoms with Gasteiger partial charge in [-0.05, 0) is 67.6 Å². The van der Waals surface area contributed by atoms with Crippen LogP contribution in [-0.2, 0) is 9.59 Å². The standard InChI is InChI=1S/C21H26O2/c1-13(22)17-6-7-18-16-5-4-14-12-15(23)8-10-20(14,2)19(16)9-11-21(17,18)3/h4-5,12,17-18H,6-11H2,1-3H3/t17-,18+,20+,21-/m1/s1. The predicted molar refractivity (Wildman–Crippen MR) is 90.8 cm³/mol. The minimum atomic E-state index is 0.0492. The van der Waals surface area contributed by atoms with Crippen LogP contribution in [0.4, 0.5) is 0 Å². The zero-order valence-corrected chi connectivity index (χ0v) is 14.4. The van der Waals surface area contributed by atoms with E-state index in [1.807, 2.05) is 6.08 Å². The molecule has 4 aliphatic rings. The second-order valence-corrected chi connectivity index (χ2v) is 8.46. The summed E-state index contributed by atoms with van der Waals surface area (Å²) < 4.78 is 0. The van der Waals surface area contributed by atoms with E-state index in [0.29, 0.717) is 18.1 Å². The number of Topliss-reactive ketones (excluding diaryl/α,β-unsaturated/α-hetero) is 1. The van der Waals surface area contributed by atoms with Crippen molar-refractivity contribution in [2.45, 2.75) is 59.3 Å². The van der Waals surface area contributed by atoms with Crippen LogP contribution < -0.4 is 0 Å². The molecule has 0 aromatic rings. The predicted octanol–water partition coefficient (Wildman–Crippen LogP) is 4.56. The first-order chi connectivity index (χ1) is 10.9. The third-order valence-corrected chi connectivity index (χ3v) is 7.40. The van der Waals surface area contributed by atoms with Crippen molar-refractivity contribution in [1.29, 1.82) is 0 Å². The Kier molecular flexibility index (Phi) is 3.14. The number of carbonyl (C=O) groups excluding carboxylic acids is 2. The fourth-order valence-corrected chi connectivity index (χ4v) is 5.98. The maximum absolute atomic E-state index is 12.1. The normalized spacial score (nSPS) is 42.0. The molecule has 0 aliphatic heterocycles. The largest absolute Gasteiger partial charge is 0.300 e. The van der Waals surface area contributed by atoms with E-state index < -0.39 is 0 Å². The number of carbonyl (C=O) groups is 2. The van der Waals surface area contributed by atoms with Crippen molar-refractivity contribution in [2.24, 2.45) is 22.7 Å². The van der Waals surface area contributed by atoms with E-state index in [1.54, 1.807) is 12.5 Å². The Bertz CT molecular complexity index is 693. The minimum absolute atomic E-state index is 0.0492. The van der Waals surface area contributed by atoms with Gasteiger partial charge in [0.25, 0.3) is 0 Å². The van der Waals surface area contributed by atoms with Crippen LogP contribution in [0.5, 0.6) is 0 Å². The Morgan fingerprint density at radius 2 is 1.91 bits per heavy atom. The summed E-state index contributed by atoms with van der Waals surface area (Å²) in [6.07, 6.45) is 12.3. The zero-order valence-electron chi connectivity index (χ0n) is 14.4. The maximum atomic E-state index is 12.1. The fraction of sp³-hybridized carbons (Fsp3) is 0.619. The molecule has 0 radical (unpaired) electrons. The Labute approximate surface area is 138 Å². The van der Waals surface area contributed by atoms with Crippen molar-refractivity contribution in [1.82, 2.24) is 0 Å². The molecule has 0 aromatic heterocycles. The number of rotatable bonds is 1. The molecule has 122 valence electrons. The first-order valence-corrected chi connectivity index (χ1v) is 9.03. The van der Waals surface area contributed by atoms with Gasteiger partial charge in [-0.15, -0.1) is 0 Å². The van der Waals surface area contributed by atoms with E-state index in [9.17, 15) is 9.59 Å². The van der Waals surface area contributed by atoms with Gasteiger partial charge < -0.3 is 0 Å². The Balaban J connectivity index is 1.79. The van der Waals surface area contributed by atoms with E-state index >= 15 is 0 Å². The van der Waals surface area contributed by atoms with Gasteiger partial charge in [-0.2, -0.15) is 0 Å². The molecule has 0 bridgehead atoms. The molecule has 0 aromatic carbocycles. The topological polar surface area (TPSA) is 34.1 Å². The molecule has 1 fully saturated rings. The highest BCUT2D eigenvalue weighted by atomic mass is 16.1. The van der Waals surface area contributed by atoms with Gasteiger partial charge in [0.1, 0.15) is 5.78 Å². The summed E-state index contributed by atoms with van der Waals surface area (Å²) in [7, 11) is 0. The fourth-order valence-electron chi connectivity index (χ4n) is 5.98. The average molecular weight is 310 g/mol.